The number of hydrogen-bond acceptors (Lipinski definition) is 7. The first-order chi connectivity index (χ1) is 17.7. The highest BCUT2D eigenvalue weighted by Gasteiger charge is 2.32. The topological polar surface area (TPSA) is 55.1 Å². The molecule has 0 spiro atoms. The predicted octanol–water partition coefficient (Wildman–Crippen LogP) is 8.78. The van der Waals surface area contributed by atoms with Crippen molar-refractivity contribution in [3.8, 4) is 22.3 Å². The van der Waals surface area contributed by atoms with Gasteiger partial charge in [0, 0.05) is 36.9 Å². The maximum Gasteiger partial charge on any atom is 0.238 e. The summed E-state index contributed by atoms with van der Waals surface area (Å²) in [4.78, 5) is 16.4. The molecule has 1 aliphatic heterocycles. The Hall–Kier alpha value is -4.07. The quantitative estimate of drug-likeness (QED) is 0.224. The SMILES string of the molecule is Cc1nc(C)nc(N2c3ccc4ccsc4c3-c3ccc4ccoc4c3-c3ccc4sccc4c32)n1. The highest BCUT2D eigenvalue weighted by molar-refractivity contribution is 7.18. The van der Waals surface area contributed by atoms with Crippen LogP contribution in [0, 0.1) is 13.8 Å². The normalized spacial score (nSPS) is 12.7. The number of aromatic nitrogens is 3. The summed E-state index contributed by atoms with van der Waals surface area (Å²) in [5.41, 5.74) is 7.55. The number of anilines is 3. The van der Waals surface area contributed by atoms with Gasteiger partial charge in [-0.15, -0.1) is 22.7 Å². The third kappa shape index (κ3) is 2.67. The van der Waals surface area contributed by atoms with E-state index in [1.165, 1.54) is 25.7 Å². The van der Waals surface area contributed by atoms with Crippen LogP contribution in [0.2, 0.25) is 0 Å². The molecule has 5 nitrogen and oxygen atoms in total. The molecule has 0 atom stereocenters. The van der Waals surface area contributed by atoms with Crippen molar-refractivity contribution in [2.75, 3.05) is 4.90 Å². The molecule has 36 heavy (non-hydrogen) atoms. The second kappa shape index (κ2) is 7.22. The number of furan rings is 1. The number of fused-ring (bicyclic) bond motifs is 11. The molecule has 0 saturated heterocycles. The van der Waals surface area contributed by atoms with Crippen molar-refractivity contribution in [3.63, 3.8) is 0 Å². The van der Waals surface area contributed by atoms with E-state index in [1.807, 2.05) is 19.9 Å². The van der Waals surface area contributed by atoms with Crippen LogP contribution >= 0.6 is 22.7 Å². The average Bonchev–Trinajstić information content (AvgIpc) is 3.62. The zero-order chi connectivity index (χ0) is 24.0. The van der Waals surface area contributed by atoms with Gasteiger partial charge >= 0.3 is 0 Å². The zero-order valence-corrected chi connectivity index (χ0v) is 21.1. The minimum Gasteiger partial charge on any atom is -0.464 e. The molecule has 0 aliphatic carbocycles. The molecule has 7 aromatic rings. The van der Waals surface area contributed by atoms with Crippen molar-refractivity contribution in [2.24, 2.45) is 0 Å². The van der Waals surface area contributed by atoms with Crippen LogP contribution in [0.3, 0.4) is 0 Å². The molecule has 172 valence electrons. The Labute approximate surface area is 214 Å². The first kappa shape index (κ1) is 20.2. The number of rotatable bonds is 1. The van der Waals surface area contributed by atoms with Crippen molar-refractivity contribution >= 4 is 71.1 Å². The van der Waals surface area contributed by atoms with Crippen molar-refractivity contribution in [2.45, 2.75) is 13.8 Å². The minimum atomic E-state index is 0.626. The molecule has 0 bridgehead atoms. The molecule has 7 heteroatoms. The third-order valence-corrected chi connectivity index (χ3v) is 8.71. The highest BCUT2D eigenvalue weighted by atomic mass is 32.1. The van der Waals surface area contributed by atoms with Crippen LogP contribution in [0.1, 0.15) is 11.6 Å². The molecular formula is C29H18N4OS2. The summed E-state index contributed by atoms with van der Waals surface area (Å²) in [7, 11) is 0. The van der Waals surface area contributed by atoms with E-state index in [4.69, 9.17) is 14.4 Å². The second-order valence-corrected chi connectivity index (χ2v) is 10.8. The van der Waals surface area contributed by atoms with E-state index in [0.29, 0.717) is 17.6 Å². The zero-order valence-electron chi connectivity index (χ0n) is 19.4. The maximum atomic E-state index is 6.16. The van der Waals surface area contributed by atoms with Gasteiger partial charge in [0.15, 0.2) is 0 Å². The number of hydrogen-bond donors (Lipinski definition) is 0. The van der Waals surface area contributed by atoms with Crippen LogP contribution in [0.15, 0.2) is 76.0 Å². The predicted molar refractivity (Wildman–Crippen MR) is 149 cm³/mol. The van der Waals surface area contributed by atoms with Crippen LogP contribution in [-0.4, -0.2) is 15.0 Å². The molecule has 0 radical (unpaired) electrons. The molecule has 4 aromatic heterocycles. The Bertz CT molecular complexity index is 1980. The Morgan fingerprint density at radius 1 is 0.722 bits per heavy atom. The number of aryl methyl sites for hydroxylation is 2. The summed E-state index contributed by atoms with van der Waals surface area (Å²) in [5.74, 6) is 2.02. The molecule has 0 N–H and O–H groups in total. The highest BCUT2D eigenvalue weighted by Crippen LogP contribution is 2.56. The lowest BCUT2D eigenvalue weighted by Crippen LogP contribution is -2.16. The summed E-state index contributed by atoms with van der Waals surface area (Å²) in [6.45, 7) is 3.85. The number of nitrogens with zero attached hydrogens (tertiary/aromatic N) is 4. The summed E-state index contributed by atoms with van der Waals surface area (Å²) in [5, 5.41) is 7.79. The average molecular weight is 503 g/mol. The van der Waals surface area contributed by atoms with Crippen LogP contribution in [-0.2, 0) is 0 Å². The van der Waals surface area contributed by atoms with Gasteiger partial charge in [-0.05, 0) is 65.9 Å². The van der Waals surface area contributed by atoms with Gasteiger partial charge in [0.2, 0.25) is 5.95 Å². The Kier molecular flexibility index (Phi) is 4.04. The van der Waals surface area contributed by atoms with Gasteiger partial charge in [-0.2, -0.15) is 9.97 Å². The lowest BCUT2D eigenvalue weighted by Gasteiger charge is -2.26. The van der Waals surface area contributed by atoms with E-state index < -0.39 is 0 Å². The van der Waals surface area contributed by atoms with Crippen molar-refractivity contribution < 1.29 is 4.42 Å². The van der Waals surface area contributed by atoms with Gasteiger partial charge in [0.25, 0.3) is 0 Å². The van der Waals surface area contributed by atoms with Gasteiger partial charge in [-0.1, -0.05) is 24.3 Å². The fraction of sp³-hybridized carbons (Fsp3) is 0.0690. The van der Waals surface area contributed by atoms with E-state index in [-0.39, 0.29) is 0 Å². The van der Waals surface area contributed by atoms with Crippen LogP contribution in [0.5, 0.6) is 0 Å². The second-order valence-electron chi connectivity index (χ2n) is 8.99. The Morgan fingerprint density at radius 3 is 2.42 bits per heavy atom. The first-order valence-electron chi connectivity index (χ1n) is 11.7. The van der Waals surface area contributed by atoms with Crippen LogP contribution in [0.25, 0.3) is 53.4 Å². The standard InChI is InChI=1S/C29H18N4OS2/c1-15-30-16(2)32-29(31-15)33-22-7-4-18-10-13-36-28(18)25(22)20-5-3-17-9-12-34-27(17)24(20)21-6-8-23-19(26(21)33)11-14-35-23/h3-14H,1-2H3. The van der Waals surface area contributed by atoms with Gasteiger partial charge in [0.1, 0.15) is 17.2 Å². The minimum absolute atomic E-state index is 0.626. The monoisotopic (exact) mass is 502 g/mol. The number of thiophene rings is 2. The smallest absolute Gasteiger partial charge is 0.238 e. The molecule has 1 aliphatic rings. The van der Waals surface area contributed by atoms with Crippen LogP contribution < -0.4 is 4.90 Å². The molecule has 3 aromatic carbocycles. The molecule has 0 unspecified atom stereocenters. The number of benzene rings is 3. The summed E-state index contributed by atoms with van der Waals surface area (Å²) < 4.78 is 8.61. The van der Waals surface area contributed by atoms with Gasteiger partial charge < -0.3 is 4.42 Å². The molecule has 5 heterocycles. The van der Waals surface area contributed by atoms with E-state index >= 15 is 0 Å². The lowest BCUT2D eigenvalue weighted by molar-refractivity contribution is 0.617. The van der Waals surface area contributed by atoms with Gasteiger partial charge in [-0.3, -0.25) is 4.90 Å². The first-order valence-corrected chi connectivity index (χ1v) is 13.4. The largest absolute Gasteiger partial charge is 0.464 e. The summed E-state index contributed by atoms with van der Waals surface area (Å²) in [6.07, 6.45) is 1.78. The van der Waals surface area contributed by atoms with Crippen molar-refractivity contribution in [1.82, 2.24) is 15.0 Å². The summed E-state index contributed by atoms with van der Waals surface area (Å²) >= 11 is 3.50. The fourth-order valence-electron chi connectivity index (χ4n) is 5.47. The summed E-state index contributed by atoms with van der Waals surface area (Å²) in [6, 6.07) is 19.6. The lowest BCUT2D eigenvalue weighted by atomic mass is 9.92. The Morgan fingerprint density at radius 2 is 1.53 bits per heavy atom. The maximum absolute atomic E-state index is 6.16. The van der Waals surface area contributed by atoms with E-state index in [2.05, 4.69) is 69.2 Å². The van der Waals surface area contributed by atoms with E-state index in [9.17, 15) is 0 Å². The van der Waals surface area contributed by atoms with Crippen LogP contribution in [0.4, 0.5) is 17.3 Å². The van der Waals surface area contributed by atoms with E-state index in [0.717, 1.165) is 39.0 Å². The molecular weight excluding hydrogens is 484 g/mol. The molecule has 0 fully saturated rings. The Balaban J connectivity index is 1.64. The van der Waals surface area contributed by atoms with E-state index in [1.54, 1.807) is 28.9 Å². The molecule has 0 saturated carbocycles. The van der Waals surface area contributed by atoms with Crippen molar-refractivity contribution in [3.05, 3.63) is 83.3 Å². The van der Waals surface area contributed by atoms with Gasteiger partial charge in [-0.25, -0.2) is 4.98 Å². The molecule has 0 amide bonds. The van der Waals surface area contributed by atoms with Gasteiger partial charge in [0.05, 0.1) is 17.6 Å². The fourth-order valence-corrected chi connectivity index (χ4v) is 7.22. The molecule has 8 rings (SSSR count). The van der Waals surface area contributed by atoms with Crippen molar-refractivity contribution in [1.29, 1.82) is 0 Å². The third-order valence-electron chi connectivity index (χ3n) is 6.88.